The van der Waals surface area contributed by atoms with E-state index in [0.29, 0.717) is 18.3 Å². The van der Waals surface area contributed by atoms with Crippen LogP contribution in [0.15, 0.2) is 42.5 Å². The molecule has 0 aliphatic carbocycles. The van der Waals surface area contributed by atoms with Crippen LogP contribution in [0.3, 0.4) is 0 Å². The van der Waals surface area contributed by atoms with Gasteiger partial charge in [-0.3, -0.25) is 0 Å². The fourth-order valence-electron chi connectivity index (χ4n) is 3.24. The summed E-state index contributed by atoms with van der Waals surface area (Å²) >= 11 is 0. The fourth-order valence-corrected chi connectivity index (χ4v) is 3.24. The van der Waals surface area contributed by atoms with Gasteiger partial charge in [-0.2, -0.15) is 0 Å². The largest absolute Gasteiger partial charge is 0.494 e. The first-order chi connectivity index (χ1) is 14.4. The number of amides is 1. The van der Waals surface area contributed by atoms with E-state index in [0.717, 1.165) is 42.0 Å². The van der Waals surface area contributed by atoms with Crippen LogP contribution in [0.4, 0.5) is 4.79 Å². The molecule has 30 heavy (non-hydrogen) atoms. The van der Waals surface area contributed by atoms with Crippen molar-refractivity contribution in [1.29, 1.82) is 0 Å². The molecule has 0 aliphatic rings. The molecule has 160 valence electrons. The molecule has 0 fully saturated rings. The number of hydrogen-bond donors (Lipinski definition) is 0. The van der Waals surface area contributed by atoms with Crippen molar-refractivity contribution in [3.63, 3.8) is 0 Å². The molecular formula is C24H31N3O3. The number of hydrogen-bond acceptors (Lipinski definition) is 4. The summed E-state index contributed by atoms with van der Waals surface area (Å²) in [5.41, 5.74) is 3.07. The van der Waals surface area contributed by atoms with Crippen LogP contribution < -0.4 is 9.47 Å². The Morgan fingerprint density at radius 3 is 2.43 bits per heavy atom. The topological polar surface area (TPSA) is 56.6 Å². The van der Waals surface area contributed by atoms with E-state index in [2.05, 4.69) is 30.5 Å². The average molecular weight is 410 g/mol. The molecule has 0 saturated carbocycles. The highest BCUT2D eigenvalue weighted by molar-refractivity contribution is 5.79. The van der Waals surface area contributed by atoms with Crippen LogP contribution in [0.2, 0.25) is 0 Å². The maximum atomic E-state index is 11.9. The van der Waals surface area contributed by atoms with Crippen molar-refractivity contribution in [2.45, 2.75) is 40.2 Å². The van der Waals surface area contributed by atoms with Crippen LogP contribution in [0.1, 0.15) is 38.6 Å². The lowest BCUT2D eigenvalue weighted by Gasteiger charge is -2.12. The number of imidazole rings is 1. The first-order valence-corrected chi connectivity index (χ1v) is 10.5. The summed E-state index contributed by atoms with van der Waals surface area (Å²) in [6.07, 6.45) is 1.40. The molecule has 6 nitrogen and oxygen atoms in total. The third-order valence-electron chi connectivity index (χ3n) is 4.90. The highest BCUT2D eigenvalue weighted by Crippen LogP contribution is 2.25. The number of rotatable bonds is 8. The van der Waals surface area contributed by atoms with Gasteiger partial charge in [0.05, 0.1) is 17.6 Å². The smallest absolute Gasteiger partial charge is 0.414 e. The van der Waals surface area contributed by atoms with E-state index in [4.69, 9.17) is 14.5 Å². The van der Waals surface area contributed by atoms with Gasteiger partial charge in [0.15, 0.2) is 0 Å². The zero-order valence-corrected chi connectivity index (χ0v) is 18.5. The van der Waals surface area contributed by atoms with Gasteiger partial charge in [-0.1, -0.05) is 26.0 Å². The number of ether oxygens (including phenoxy) is 2. The minimum Gasteiger partial charge on any atom is -0.494 e. The van der Waals surface area contributed by atoms with E-state index < -0.39 is 6.09 Å². The average Bonchev–Trinajstić information content (AvgIpc) is 3.04. The maximum absolute atomic E-state index is 11.9. The highest BCUT2D eigenvalue weighted by Gasteiger charge is 2.14. The summed E-state index contributed by atoms with van der Waals surface area (Å²) < 4.78 is 13.2. The molecule has 0 aliphatic heterocycles. The Morgan fingerprint density at radius 2 is 1.80 bits per heavy atom. The van der Waals surface area contributed by atoms with Gasteiger partial charge >= 0.3 is 6.09 Å². The van der Waals surface area contributed by atoms with E-state index in [-0.39, 0.29) is 0 Å². The van der Waals surface area contributed by atoms with Crippen LogP contribution >= 0.6 is 0 Å². The minimum absolute atomic E-state index is 0.400. The molecule has 0 N–H and O–H groups in total. The molecule has 0 atom stereocenters. The van der Waals surface area contributed by atoms with Crippen LogP contribution in [-0.4, -0.2) is 41.2 Å². The molecule has 3 aromatic rings. The summed E-state index contributed by atoms with van der Waals surface area (Å²) in [4.78, 5) is 18.2. The predicted molar refractivity (Wildman–Crippen MR) is 119 cm³/mol. The molecule has 0 saturated heterocycles. The van der Waals surface area contributed by atoms with Crippen LogP contribution in [0.25, 0.3) is 11.0 Å². The molecular weight excluding hydrogens is 378 g/mol. The molecule has 3 rings (SSSR count). The quantitative estimate of drug-likeness (QED) is 0.517. The van der Waals surface area contributed by atoms with Crippen molar-refractivity contribution in [3.05, 3.63) is 53.9 Å². The number of carbonyl (C=O) groups excluding carboxylic acids is 1. The second-order valence-corrected chi connectivity index (χ2v) is 8.03. The summed E-state index contributed by atoms with van der Waals surface area (Å²) in [7, 11) is 3.33. The number of aromatic nitrogens is 2. The number of benzene rings is 2. The molecule has 2 aromatic carbocycles. The van der Waals surface area contributed by atoms with E-state index >= 15 is 0 Å². The lowest BCUT2D eigenvalue weighted by molar-refractivity contribution is 0.172. The summed E-state index contributed by atoms with van der Waals surface area (Å²) in [5, 5.41) is 0. The number of carbonyl (C=O) groups is 1. The third-order valence-corrected chi connectivity index (χ3v) is 4.90. The fraction of sp³-hybridized carbons (Fsp3) is 0.417. The Morgan fingerprint density at radius 1 is 1.10 bits per heavy atom. The van der Waals surface area contributed by atoms with Gasteiger partial charge in [-0.05, 0) is 49.1 Å². The van der Waals surface area contributed by atoms with Gasteiger partial charge in [0.1, 0.15) is 17.3 Å². The van der Waals surface area contributed by atoms with Crippen molar-refractivity contribution in [3.8, 4) is 11.5 Å². The second kappa shape index (κ2) is 9.65. The first-order valence-electron chi connectivity index (χ1n) is 10.5. The van der Waals surface area contributed by atoms with Crippen molar-refractivity contribution >= 4 is 17.1 Å². The Balaban J connectivity index is 1.91. The van der Waals surface area contributed by atoms with E-state index in [1.807, 2.05) is 37.3 Å². The minimum atomic E-state index is -0.400. The third kappa shape index (κ3) is 5.32. The SMILES string of the molecule is CCOc1ccc(Cc2nc3cc(OC(=O)N(C)C)ccc3n2CCC(C)C)cc1. The van der Waals surface area contributed by atoms with E-state index in [1.54, 1.807) is 14.1 Å². The van der Waals surface area contributed by atoms with Crippen molar-refractivity contribution in [1.82, 2.24) is 14.5 Å². The molecule has 1 amide bonds. The predicted octanol–water partition coefficient (Wildman–Crippen LogP) is 5.13. The van der Waals surface area contributed by atoms with E-state index in [9.17, 15) is 4.79 Å². The molecule has 1 aromatic heterocycles. The first kappa shape index (κ1) is 21.7. The van der Waals surface area contributed by atoms with Gasteiger partial charge in [0, 0.05) is 33.1 Å². The molecule has 1 heterocycles. The molecule has 0 radical (unpaired) electrons. The van der Waals surface area contributed by atoms with Crippen LogP contribution in [0.5, 0.6) is 11.5 Å². The van der Waals surface area contributed by atoms with Crippen molar-refractivity contribution in [2.75, 3.05) is 20.7 Å². The van der Waals surface area contributed by atoms with Gasteiger partial charge in [0.2, 0.25) is 0 Å². The highest BCUT2D eigenvalue weighted by atomic mass is 16.6. The summed E-state index contributed by atoms with van der Waals surface area (Å²) in [5.74, 6) is 2.98. The normalized spacial score (nSPS) is 11.1. The zero-order valence-electron chi connectivity index (χ0n) is 18.5. The molecule has 0 spiro atoms. The van der Waals surface area contributed by atoms with Gasteiger partial charge in [0.25, 0.3) is 0 Å². The van der Waals surface area contributed by atoms with Gasteiger partial charge in [-0.15, -0.1) is 0 Å². The maximum Gasteiger partial charge on any atom is 0.414 e. The second-order valence-electron chi connectivity index (χ2n) is 8.03. The standard InChI is InChI=1S/C24H31N3O3/c1-6-29-19-9-7-18(8-10-19)15-23-25-21-16-20(30-24(28)26(4)5)11-12-22(21)27(23)14-13-17(2)3/h7-12,16-17H,6,13-15H2,1-5H3. The van der Waals surface area contributed by atoms with Crippen LogP contribution in [0, 0.1) is 5.92 Å². The van der Waals surface area contributed by atoms with Gasteiger partial charge < -0.3 is 18.9 Å². The summed E-state index contributed by atoms with van der Waals surface area (Å²) in [6.45, 7) is 7.99. The Kier molecular flexibility index (Phi) is 6.98. The molecule has 6 heteroatoms. The number of fused-ring (bicyclic) bond motifs is 1. The van der Waals surface area contributed by atoms with E-state index in [1.165, 1.54) is 10.5 Å². The lowest BCUT2D eigenvalue weighted by atomic mass is 10.1. The lowest BCUT2D eigenvalue weighted by Crippen LogP contribution is -2.25. The number of nitrogens with zero attached hydrogens (tertiary/aromatic N) is 3. The monoisotopic (exact) mass is 409 g/mol. The summed E-state index contributed by atoms with van der Waals surface area (Å²) in [6, 6.07) is 13.8. The van der Waals surface area contributed by atoms with Crippen molar-refractivity contribution < 1.29 is 14.3 Å². The number of aryl methyl sites for hydroxylation is 1. The molecule has 0 bridgehead atoms. The van der Waals surface area contributed by atoms with Crippen LogP contribution in [-0.2, 0) is 13.0 Å². The van der Waals surface area contributed by atoms with Crippen molar-refractivity contribution in [2.24, 2.45) is 5.92 Å². The Hall–Kier alpha value is -3.02. The zero-order chi connectivity index (χ0) is 21.7. The molecule has 0 unspecified atom stereocenters. The Labute approximate surface area is 178 Å². The Bertz CT molecular complexity index is 991. The van der Waals surface area contributed by atoms with Gasteiger partial charge in [-0.25, -0.2) is 9.78 Å².